The van der Waals surface area contributed by atoms with E-state index in [-0.39, 0.29) is 6.61 Å². The molecule has 0 radical (unpaired) electrons. The van der Waals surface area contributed by atoms with Crippen LogP contribution in [0.2, 0.25) is 0 Å². The Bertz CT molecular complexity index is 418. The zero-order chi connectivity index (χ0) is 15.3. The lowest BCUT2D eigenvalue weighted by molar-refractivity contribution is 0.280. The minimum atomic E-state index is 0.0385. The van der Waals surface area contributed by atoms with Gasteiger partial charge in [-0.25, -0.2) is 4.99 Å². The topological polar surface area (TPSA) is 70.6 Å². The first kappa shape index (κ1) is 17.5. The zero-order valence-electron chi connectivity index (χ0n) is 13.1. The number of hydrogen-bond donors (Lipinski definition) is 3. The molecule has 0 aromatic heterocycles. The van der Waals surface area contributed by atoms with Crippen molar-refractivity contribution in [1.82, 2.24) is 5.32 Å². The summed E-state index contributed by atoms with van der Waals surface area (Å²) in [4.78, 5) is 4.32. The summed E-state index contributed by atoms with van der Waals surface area (Å²) in [5.74, 6) is 0.483. The summed E-state index contributed by atoms with van der Waals surface area (Å²) in [5, 5.41) is 12.4. The number of benzene rings is 1. The fourth-order valence-electron chi connectivity index (χ4n) is 2.21. The van der Waals surface area contributed by atoms with Gasteiger partial charge in [0.2, 0.25) is 0 Å². The third kappa shape index (κ3) is 7.71. The quantitative estimate of drug-likeness (QED) is 0.352. The van der Waals surface area contributed by atoms with Crippen LogP contribution in [0.5, 0.6) is 0 Å². The number of aliphatic hydroxyl groups excluding tert-OH is 1. The first-order valence-corrected chi connectivity index (χ1v) is 7.99. The Morgan fingerprint density at radius 2 is 1.76 bits per heavy atom. The summed E-state index contributed by atoms with van der Waals surface area (Å²) in [6.45, 7) is 3.65. The van der Waals surface area contributed by atoms with Gasteiger partial charge in [-0.15, -0.1) is 0 Å². The van der Waals surface area contributed by atoms with E-state index in [1.54, 1.807) is 0 Å². The maximum absolute atomic E-state index is 9.25. The number of hydrogen-bond acceptors (Lipinski definition) is 2. The molecule has 0 fully saturated rings. The number of aliphatic imine (C=N–C) groups is 1. The van der Waals surface area contributed by atoms with E-state index < -0.39 is 0 Å². The van der Waals surface area contributed by atoms with Gasteiger partial charge in [-0.3, -0.25) is 0 Å². The lowest BCUT2D eigenvalue weighted by Gasteiger charge is -2.07. The molecule has 0 spiro atoms. The van der Waals surface area contributed by atoms with Gasteiger partial charge in [-0.05, 0) is 17.5 Å². The highest BCUT2D eigenvalue weighted by molar-refractivity contribution is 5.77. The van der Waals surface area contributed by atoms with Gasteiger partial charge in [0.1, 0.15) is 0 Å². The molecule has 0 heterocycles. The van der Waals surface area contributed by atoms with E-state index >= 15 is 0 Å². The first-order chi connectivity index (χ1) is 10.3. The van der Waals surface area contributed by atoms with Crippen molar-refractivity contribution < 1.29 is 5.11 Å². The molecule has 4 nitrogen and oxygen atoms in total. The Balaban J connectivity index is 2.21. The van der Waals surface area contributed by atoms with Gasteiger partial charge in [0.15, 0.2) is 5.96 Å². The Morgan fingerprint density at radius 1 is 1.10 bits per heavy atom. The highest BCUT2D eigenvalue weighted by Crippen LogP contribution is 2.09. The summed E-state index contributed by atoms with van der Waals surface area (Å²) in [6.07, 6.45) is 7.63. The van der Waals surface area contributed by atoms with E-state index in [0.717, 1.165) is 24.1 Å². The molecule has 4 heteroatoms. The molecule has 1 aromatic carbocycles. The minimum absolute atomic E-state index is 0.0385. The number of nitrogens with zero attached hydrogens (tertiary/aromatic N) is 1. The lowest BCUT2D eigenvalue weighted by Crippen LogP contribution is -2.32. The number of rotatable bonds is 10. The average Bonchev–Trinajstić information content (AvgIpc) is 2.52. The van der Waals surface area contributed by atoms with Crippen LogP contribution in [0, 0.1) is 0 Å². The number of nitrogens with one attached hydrogen (secondary N) is 1. The molecular weight excluding hydrogens is 262 g/mol. The van der Waals surface area contributed by atoms with E-state index in [4.69, 9.17) is 5.73 Å². The van der Waals surface area contributed by atoms with Crippen LogP contribution in [0.3, 0.4) is 0 Å². The Morgan fingerprint density at radius 3 is 2.48 bits per heavy atom. The van der Waals surface area contributed by atoms with Gasteiger partial charge >= 0.3 is 0 Å². The first-order valence-electron chi connectivity index (χ1n) is 7.99. The van der Waals surface area contributed by atoms with Gasteiger partial charge in [0, 0.05) is 6.54 Å². The van der Waals surface area contributed by atoms with E-state index in [1.807, 2.05) is 24.3 Å². The van der Waals surface area contributed by atoms with Crippen molar-refractivity contribution in [3.8, 4) is 0 Å². The van der Waals surface area contributed by atoms with Crippen LogP contribution in [-0.2, 0) is 13.2 Å². The van der Waals surface area contributed by atoms with Crippen molar-refractivity contribution in [3.63, 3.8) is 0 Å². The molecular formula is C17H29N3O. The maximum Gasteiger partial charge on any atom is 0.188 e. The monoisotopic (exact) mass is 291 g/mol. The smallest absolute Gasteiger partial charge is 0.188 e. The molecule has 21 heavy (non-hydrogen) atoms. The van der Waals surface area contributed by atoms with E-state index in [1.165, 1.54) is 32.1 Å². The molecule has 1 aromatic rings. The van der Waals surface area contributed by atoms with Crippen molar-refractivity contribution in [2.75, 3.05) is 6.54 Å². The van der Waals surface area contributed by atoms with Crippen LogP contribution in [0.25, 0.3) is 0 Å². The standard InChI is InChI=1S/C17H29N3O/c1-2-3-4-5-6-9-12-19-17(18)20-13-15-10-7-8-11-16(15)14-21/h7-8,10-11,21H,2-6,9,12-14H2,1H3,(H3,18,19,20). The average molecular weight is 291 g/mol. The van der Waals surface area contributed by atoms with Gasteiger partial charge in [0.25, 0.3) is 0 Å². The van der Waals surface area contributed by atoms with Gasteiger partial charge in [-0.1, -0.05) is 63.3 Å². The van der Waals surface area contributed by atoms with Crippen molar-refractivity contribution in [1.29, 1.82) is 0 Å². The van der Waals surface area contributed by atoms with Crippen LogP contribution in [-0.4, -0.2) is 17.6 Å². The van der Waals surface area contributed by atoms with E-state index in [0.29, 0.717) is 12.5 Å². The summed E-state index contributed by atoms with van der Waals surface area (Å²) in [5.41, 5.74) is 7.78. The second kappa shape index (κ2) is 11.1. The number of nitrogens with two attached hydrogens (primary N) is 1. The second-order valence-electron chi connectivity index (χ2n) is 5.32. The highest BCUT2D eigenvalue weighted by Gasteiger charge is 1.99. The maximum atomic E-state index is 9.25. The number of aliphatic hydroxyl groups is 1. The zero-order valence-corrected chi connectivity index (χ0v) is 13.1. The highest BCUT2D eigenvalue weighted by atomic mass is 16.3. The molecule has 0 aliphatic heterocycles. The summed E-state index contributed by atoms with van der Waals surface area (Å²) in [6, 6.07) is 7.74. The molecule has 0 aliphatic carbocycles. The molecule has 0 saturated heterocycles. The van der Waals surface area contributed by atoms with Crippen LogP contribution < -0.4 is 11.1 Å². The number of guanidine groups is 1. The Kier molecular flexibility index (Phi) is 9.29. The normalized spacial score (nSPS) is 11.6. The van der Waals surface area contributed by atoms with Crippen molar-refractivity contribution in [3.05, 3.63) is 35.4 Å². The van der Waals surface area contributed by atoms with Crippen molar-refractivity contribution in [2.24, 2.45) is 10.7 Å². The predicted octanol–water partition coefficient (Wildman–Crippen LogP) is 2.94. The summed E-state index contributed by atoms with van der Waals surface area (Å²) >= 11 is 0. The summed E-state index contributed by atoms with van der Waals surface area (Å²) < 4.78 is 0. The SMILES string of the molecule is CCCCCCCCNC(N)=NCc1ccccc1CO. The minimum Gasteiger partial charge on any atom is -0.392 e. The molecule has 0 atom stereocenters. The Labute approximate surface area is 128 Å². The largest absolute Gasteiger partial charge is 0.392 e. The third-order valence-corrected chi connectivity index (χ3v) is 3.54. The molecule has 0 saturated carbocycles. The molecule has 0 amide bonds. The molecule has 0 aliphatic rings. The van der Waals surface area contributed by atoms with E-state index in [9.17, 15) is 5.11 Å². The molecule has 4 N–H and O–H groups in total. The fraction of sp³-hybridized carbons (Fsp3) is 0.588. The van der Waals surface area contributed by atoms with Gasteiger partial charge in [-0.2, -0.15) is 0 Å². The molecule has 0 bridgehead atoms. The van der Waals surface area contributed by atoms with Crippen molar-refractivity contribution in [2.45, 2.75) is 58.6 Å². The Hall–Kier alpha value is -1.55. The summed E-state index contributed by atoms with van der Waals surface area (Å²) in [7, 11) is 0. The second-order valence-corrected chi connectivity index (χ2v) is 5.32. The van der Waals surface area contributed by atoms with Crippen LogP contribution in [0.1, 0.15) is 56.6 Å². The van der Waals surface area contributed by atoms with Crippen LogP contribution in [0.15, 0.2) is 29.3 Å². The molecule has 0 unspecified atom stereocenters. The van der Waals surface area contributed by atoms with E-state index in [2.05, 4.69) is 17.2 Å². The molecule has 1 rings (SSSR count). The predicted molar refractivity (Wildman–Crippen MR) is 89.1 cm³/mol. The number of unbranched alkanes of at least 4 members (excludes halogenated alkanes) is 5. The van der Waals surface area contributed by atoms with Crippen LogP contribution >= 0.6 is 0 Å². The van der Waals surface area contributed by atoms with Gasteiger partial charge in [0.05, 0.1) is 13.2 Å². The van der Waals surface area contributed by atoms with Crippen molar-refractivity contribution >= 4 is 5.96 Å². The lowest BCUT2D eigenvalue weighted by atomic mass is 10.1. The molecule has 118 valence electrons. The van der Waals surface area contributed by atoms with Crippen LogP contribution in [0.4, 0.5) is 0 Å². The van der Waals surface area contributed by atoms with Gasteiger partial charge < -0.3 is 16.2 Å². The third-order valence-electron chi connectivity index (χ3n) is 3.54. The fourth-order valence-corrected chi connectivity index (χ4v) is 2.21.